The lowest BCUT2D eigenvalue weighted by molar-refractivity contribution is -0.697. The minimum atomic E-state index is -1.11. The minimum Gasteiger partial charge on any atom is -0.478 e. The molecule has 1 amide bonds. The van der Waals surface area contributed by atoms with Crippen LogP contribution < -0.4 is 9.88 Å². The number of aryl methyl sites for hydroxylation is 1. The number of carbonyl (C=O) groups excluding carboxylic acids is 1. The Morgan fingerprint density at radius 3 is 2.30 bits per heavy atom. The van der Waals surface area contributed by atoms with Crippen molar-refractivity contribution < 1.29 is 19.3 Å². The lowest BCUT2D eigenvalue weighted by Crippen LogP contribution is -2.32. The van der Waals surface area contributed by atoms with E-state index in [0.717, 1.165) is 13.0 Å². The highest BCUT2D eigenvalue weighted by atomic mass is 16.4. The predicted molar refractivity (Wildman–Crippen MR) is 87.5 cm³/mol. The number of carboxylic acids is 1. The number of carbonyl (C=O) groups is 2. The molecule has 2 aromatic rings. The second-order valence-electron chi connectivity index (χ2n) is 5.34. The molecule has 0 spiro atoms. The maximum absolute atomic E-state index is 12.3. The van der Waals surface area contributed by atoms with Gasteiger partial charge in [-0.05, 0) is 18.6 Å². The number of amides is 1. The maximum Gasteiger partial charge on any atom is 0.336 e. The van der Waals surface area contributed by atoms with Crippen LogP contribution in [0.25, 0.3) is 0 Å². The van der Waals surface area contributed by atoms with E-state index in [9.17, 15) is 9.59 Å². The number of aromatic carboxylic acids is 1. The number of pyridine rings is 1. The van der Waals surface area contributed by atoms with E-state index in [2.05, 4.69) is 16.8 Å². The third-order valence-electron chi connectivity index (χ3n) is 3.57. The summed E-state index contributed by atoms with van der Waals surface area (Å²) in [6.45, 7) is 3.11. The van der Waals surface area contributed by atoms with Gasteiger partial charge in [0.05, 0.1) is 16.8 Å². The molecule has 1 aromatic carbocycles. The van der Waals surface area contributed by atoms with Crippen molar-refractivity contribution in [1.82, 2.24) is 0 Å². The van der Waals surface area contributed by atoms with Gasteiger partial charge in [-0.25, -0.2) is 9.36 Å². The van der Waals surface area contributed by atoms with Crippen LogP contribution in [-0.4, -0.2) is 17.0 Å². The molecule has 5 nitrogen and oxygen atoms in total. The highest BCUT2D eigenvalue weighted by Crippen LogP contribution is 2.12. The largest absolute Gasteiger partial charge is 0.478 e. The first-order valence-electron chi connectivity index (χ1n) is 7.74. The molecule has 0 aliphatic rings. The third kappa shape index (κ3) is 4.64. The van der Waals surface area contributed by atoms with Crippen molar-refractivity contribution >= 4 is 17.6 Å². The quantitative estimate of drug-likeness (QED) is 0.609. The summed E-state index contributed by atoms with van der Waals surface area (Å²) in [5.74, 6) is -1.54. The molecule has 0 unspecified atom stereocenters. The molecule has 2 N–H and O–H groups in total. The van der Waals surface area contributed by atoms with Gasteiger partial charge < -0.3 is 10.4 Å². The molecule has 23 heavy (non-hydrogen) atoms. The number of carboxylic acid groups (broad SMARTS) is 1. The fourth-order valence-electron chi connectivity index (χ4n) is 2.30. The first-order chi connectivity index (χ1) is 11.1. The van der Waals surface area contributed by atoms with Gasteiger partial charge in [0, 0.05) is 18.6 Å². The summed E-state index contributed by atoms with van der Waals surface area (Å²) in [7, 11) is 0. The zero-order valence-electron chi connectivity index (χ0n) is 13.2. The number of aromatic nitrogens is 1. The summed E-state index contributed by atoms with van der Waals surface area (Å²) in [5.41, 5.74) is 0.789. The van der Waals surface area contributed by atoms with Crippen LogP contribution in [-0.2, 0) is 6.54 Å². The van der Waals surface area contributed by atoms with Crippen LogP contribution in [0.5, 0.6) is 0 Å². The molecule has 2 rings (SSSR count). The Hall–Kier alpha value is -2.69. The predicted octanol–water partition coefficient (Wildman–Crippen LogP) is 3.11. The van der Waals surface area contributed by atoms with Crippen molar-refractivity contribution in [3.05, 3.63) is 59.9 Å². The van der Waals surface area contributed by atoms with Crippen LogP contribution in [0.15, 0.2) is 48.8 Å². The molecule has 0 radical (unpaired) electrons. The Morgan fingerprint density at radius 1 is 1.04 bits per heavy atom. The normalized spacial score (nSPS) is 10.3. The highest BCUT2D eigenvalue weighted by Gasteiger charge is 2.16. The van der Waals surface area contributed by atoms with E-state index >= 15 is 0 Å². The molecule has 5 heteroatoms. The Labute approximate surface area is 135 Å². The summed E-state index contributed by atoms with van der Waals surface area (Å²) in [6.07, 6.45) is 7.32. The summed E-state index contributed by atoms with van der Waals surface area (Å²) in [5, 5.41) is 11.9. The summed E-state index contributed by atoms with van der Waals surface area (Å²) >= 11 is 0. The van der Waals surface area contributed by atoms with E-state index in [1.165, 1.54) is 25.0 Å². The molecule has 1 heterocycles. The van der Waals surface area contributed by atoms with Gasteiger partial charge in [0.25, 0.3) is 5.91 Å². The number of unbranched alkanes of at least 4 members (excludes halogenated alkanes) is 2. The number of hydrogen-bond donors (Lipinski definition) is 2. The molecule has 120 valence electrons. The van der Waals surface area contributed by atoms with Crippen molar-refractivity contribution in [2.45, 2.75) is 32.7 Å². The fourth-order valence-corrected chi connectivity index (χ4v) is 2.30. The Morgan fingerprint density at radius 2 is 1.70 bits per heavy atom. The Bertz CT molecular complexity index is 681. The second kappa shape index (κ2) is 8.08. The van der Waals surface area contributed by atoms with E-state index in [1.54, 1.807) is 12.1 Å². The zero-order valence-corrected chi connectivity index (χ0v) is 13.2. The van der Waals surface area contributed by atoms with Crippen LogP contribution in [0, 0.1) is 0 Å². The van der Waals surface area contributed by atoms with Crippen molar-refractivity contribution in [3.8, 4) is 0 Å². The molecule has 0 aliphatic heterocycles. The summed E-state index contributed by atoms with van der Waals surface area (Å²) in [6, 6.07) is 9.80. The first kappa shape index (κ1) is 16.7. The van der Waals surface area contributed by atoms with Gasteiger partial charge in [-0.15, -0.1) is 0 Å². The van der Waals surface area contributed by atoms with Crippen LogP contribution in [0.4, 0.5) is 5.69 Å². The third-order valence-corrected chi connectivity index (χ3v) is 3.57. The van der Waals surface area contributed by atoms with Crippen molar-refractivity contribution in [2.24, 2.45) is 0 Å². The van der Waals surface area contributed by atoms with E-state index in [4.69, 9.17) is 5.11 Å². The van der Waals surface area contributed by atoms with Crippen molar-refractivity contribution in [2.75, 3.05) is 5.32 Å². The van der Waals surface area contributed by atoms with Crippen molar-refractivity contribution in [1.29, 1.82) is 0 Å². The van der Waals surface area contributed by atoms with E-state index in [0.29, 0.717) is 5.69 Å². The molecule has 0 bridgehead atoms. The summed E-state index contributed by atoms with van der Waals surface area (Å²) in [4.78, 5) is 23.4. The highest BCUT2D eigenvalue weighted by molar-refractivity contribution is 6.10. The van der Waals surface area contributed by atoms with Gasteiger partial charge >= 0.3 is 5.97 Å². The average Bonchev–Trinajstić information content (AvgIpc) is 2.56. The van der Waals surface area contributed by atoms with Gasteiger partial charge in [-0.3, -0.25) is 4.79 Å². The molecule has 1 aromatic heterocycles. The van der Waals surface area contributed by atoms with Crippen LogP contribution in [0.3, 0.4) is 0 Å². The number of hydrogen-bond acceptors (Lipinski definition) is 2. The van der Waals surface area contributed by atoms with Gasteiger partial charge in [0.2, 0.25) is 0 Å². The molecule has 0 aliphatic carbocycles. The van der Waals surface area contributed by atoms with Gasteiger partial charge in [-0.2, -0.15) is 0 Å². The lowest BCUT2D eigenvalue weighted by Gasteiger charge is -2.07. The van der Waals surface area contributed by atoms with Gasteiger partial charge in [0.15, 0.2) is 12.4 Å². The SMILES string of the molecule is CCCCC[n+]1ccc(NC(=O)c2ccccc2C(=O)O)cc1. The zero-order chi connectivity index (χ0) is 16.7. The lowest BCUT2D eigenvalue weighted by atomic mass is 10.1. The number of benzene rings is 1. The maximum atomic E-state index is 12.3. The molecule has 0 atom stereocenters. The molecular weight excluding hydrogens is 292 g/mol. The topological polar surface area (TPSA) is 70.3 Å². The molecule has 0 saturated carbocycles. The molecule has 0 fully saturated rings. The van der Waals surface area contributed by atoms with E-state index < -0.39 is 11.9 Å². The fraction of sp³-hybridized carbons (Fsp3) is 0.278. The van der Waals surface area contributed by atoms with Crippen molar-refractivity contribution in [3.63, 3.8) is 0 Å². The summed E-state index contributed by atoms with van der Waals surface area (Å²) < 4.78 is 2.07. The Balaban J connectivity index is 2.05. The monoisotopic (exact) mass is 313 g/mol. The van der Waals surface area contributed by atoms with Crippen LogP contribution >= 0.6 is 0 Å². The minimum absolute atomic E-state index is 0.00411. The number of nitrogens with one attached hydrogen (secondary N) is 1. The molecule has 0 saturated heterocycles. The van der Waals surface area contributed by atoms with Gasteiger partial charge in [0.1, 0.15) is 6.54 Å². The average molecular weight is 313 g/mol. The number of rotatable bonds is 7. The standard InChI is InChI=1S/C18H20N2O3/c1-2-3-6-11-20-12-9-14(10-13-20)19-17(21)15-7-4-5-8-16(15)18(22)23/h4-5,7-10,12-13H,2-3,6,11H2,1H3,(H,22,23)/p+1. The second-order valence-corrected chi connectivity index (χ2v) is 5.34. The van der Waals surface area contributed by atoms with E-state index in [-0.39, 0.29) is 11.1 Å². The Kier molecular flexibility index (Phi) is 5.86. The van der Waals surface area contributed by atoms with Crippen LogP contribution in [0.1, 0.15) is 46.9 Å². The van der Waals surface area contributed by atoms with E-state index in [1.807, 2.05) is 24.5 Å². The van der Waals surface area contributed by atoms with Gasteiger partial charge in [-0.1, -0.05) is 25.5 Å². The number of nitrogens with zero attached hydrogens (tertiary/aromatic N) is 1. The molecular formula is C18H21N2O3+. The van der Waals surface area contributed by atoms with Crippen LogP contribution in [0.2, 0.25) is 0 Å². The number of anilines is 1. The first-order valence-corrected chi connectivity index (χ1v) is 7.74. The smallest absolute Gasteiger partial charge is 0.336 e.